The van der Waals surface area contributed by atoms with E-state index in [1.54, 1.807) is 30.3 Å². The summed E-state index contributed by atoms with van der Waals surface area (Å²) in [6.45, 7) is 0.186. The summed E-state index contributed by atoms with van der Waals surface area (Å²) >= 11 is 0. The van der Waals surface area contributed by atoms with E-state index in [2.05, 4.69) is 10.0 Å². The Kier molecular flexibility index (Phi) is 7.63. The van der Waals surface area contributed by atoms with Gasteiger partial charge in [-0.1, -0.05) is 12.1 Å². The van der Waals surface area contributed by atoms with Gasteiger partial charge in [-0.05, 0) is 48.5 Å². The molecule has 0 atom stereocenters. The number of nitrogens with one attached hydrogen (secondary N) is 2. The first kappa shape index (κ1) is 22.3. The first-order valence-corrected chi connectivity index (χ1v) is 10.1. The van der Waals surface area contributed by atoms with E-state index in [1.165, 1.54) is 46.6 Å². The molecule has 0 saturated carbocycles. The Bertz CT molecular complexity index is 977. The summed E-state index contributed by atoms with van der Waals surface area (Å²) in [5.41, 5.74) is 1.35. The number of hydrogen-bond donors (Lipinski definition) is 2. The van der Waals surface area contributed by atoms with Gasteiger partial charge in [0.1, 0.15) is 0 Å². The number of rotatable bonds is 9. The fraction of sp³-hybridized carbons (Fsp3) is 0.250. The lowest BCUT2D eigenvalue weighted by molar-refractivity contribution is -0.116. The molecule has 29 heavy (non-hydrogen) atoms. The van der Waals surface area contributed by atoms with Crippen molar-refractivity contribution in [3.8, 4) is 17.2 Å². The van der Waals surface area contributed by atoms with Gasteiger partial charge < -0.3 is 19.5 Å². The molecule has 1 amide bonds. The standard InChI is InChI=1S/C20H24N2O6S/c1-21-29(24,25)16-7-5-6-15(10-16)13-22-19(23)9-8-14-11-17(26-2)20(28-4)18(12-14)27-3/h5-12,21H,13H2,1-4H3,(H,22,23)/b9-8+. The highest BCUT2D eigenvalue weighted by atomic mass is 32.2. The van der Waals surface area contributed by atoms with E-state index >= 15 is 0 Å². The van der Waals surface area contributed by atoms with E-state index in [0.29, 0.717) is 28.4 Å². The van der Waals surface area contributed by atoms with Gasteiger partial charge in [-0.3, -0.25) is 4.79 Å². The molecule has 8 nitrogen and oxygen atoms in total. The Balaban J connectivity index is 2.08. The highest BCUT2D eigenvalue weighted by Crippen LogP contribution is 2.38. The van der Waals surface area contributed by atoms with Crippen molar-refractivity contribution in [2.75, 3.05) is 28.4 Å². The van der Waals surface area contributed by atoms with Crippen LogP contribution in [0.2, 0.25) is 0 Å². The molecule has 0 heterocycles. The molecule has 2 aromatic rings. The van der Waals surface area contributed by atoms with E-state index in [4.69, 9.17) is 14.2 Å². The molecule has 0 unspecified atom stereocenters. The largest absolute Gasteiger partial charge is 0.493 e. The quantitative estimate of drug-likeness (QED) is 0.601. The zero-order chi connectivity index (χ0) is 21.4. The second-order valence-corrected chi connectivity index (χ2v) is 7.75. The van der Waals surface area contributed by atoms with Gasteiger partial charge in [-0.2, -0.15) is 0 Å². The van der Waals surface area contributed by atoms with Gasteiger partial charge in [0.2, 0.25) is 21.7 Å². The van der Waals surface area contributed by atoms with Gasteiger partial charge in [0.15, 0.2) is 11.5 Å². The van der Waals surface area contributed by atoms with E-state index in [1.807, 2.05) is 0 Å². The summed E-state index contributed by atoms with van der Waals surface area (Å²) in [5, 5.41) is 2.72. The second-order valence-electron chi connectivity index (χ2n) is 5.86. The molecule has 2 rings (SSSR count). The van der Waals surface area contributed by atoms with Crippen LogP contribution in [-0.4, -0.2) is 42.7 Å². The summed E-state index contributed by atoms with van der Waals surface area (Å²) < 4.78 is 41.8. The predicted octanol–water partition coefficient (Wildman–Crippen LogP) is 1.95. The van der Waals surface area contributed by atoms with Crippen LogP contribution in [0.15, 0.2) is 47.4 Å². The molecule has 156 valence electrons. The van der Waals surface area contributed by atoms with Gasteiger partial charge in [0.05, 0.1) is 26.2 Å². The second kappa shape index (κ2) is 9.94. The predicted molar refractivity (Wildman–Crippen MR) is 110 cm³/mol. The van der Waals surface area contributed by atoms with Crippen LogP contribution in [0.25, 0.3) is 6.08 Å². The van der Waals surface area contributed by atoms with Crippen molar-refractivity contribution in [2.45, 2.75) is 11.4 Å². The summed E-state index contributed by atoms with van der Waals surface area (Å²) in [7, 11) is 2.35. The number of carbonyl (C=O) groups excluding carboxylic acids is 1. The zero-order valence-electron chi connectivity index (χ0n) is 16.7. The lowest BCUT2D eigenvalue weighted by atomic mass is 10.1. The minimum absolute atomic E-state index is 0.139. The van der Waals surface area contributed by atoms with Crippen LogP contribution in [-0.2, 0) is 21.4 Å². The molecule has 0 aliphatic heterocycles. The first-order chi connectivity index (χ1) is 13.8. The minimum Gasteiger partial charge on any atom is -0.493 e. The molecule has 0 radical (unpaired) electrons. The van der Waals surface area contributed by atoms with Crippen LogP contribution >= 0.6 is 0 Å². The lowest BCUT2D eigenvalue weighted by Gasteiger charge is -2.12. The Morgan fingerprint density at radius 3 is 2.24 bits per heavy atom. The molecule has 0 aliphatic rings. The molecule has 0 aliphatic carbocycles. The van der Waals surface area contributed by atoms with Gasteiger partial charge in [0, 0.05) is 12.6 Å². The maximum absolute atomic E-state index is 12.1. The molecular weight excluding hydrogens is 396 g/mol. The van der Waals surface area contributed by atoms with Crippen LogP contribution in [0.3, 0.4) is 0 Å². The van der Waals surface area contributed by atoms with Crippen LogP contribution in [0.1, 0.15) is 11.1 Å². The number of ether oxygens (including phenoxy) is 3. The molecular formula is C20H24N2O6S. The monoisotopic (exact) mass is 420 g/mol. The van der Waals surface area contributed by atoms with Crippen molar-refractivity contribution in [2.24, 2.45) is 0 Å². The van der Waals surface area contributed by atoms with Crippen LogP contribution in [0.5, 0.6) is 17.2 Å². The highest BCUT2D eigenvalue weighted by molar-refractivity contribution is 7.89. The van der Waals surface area contributed by atoms with Crippen LogP contribution in [0.4, 0.5) is 0 Å². The smallest absolute Gasteiger partial charge is 0.244 e. The van der Waals surface area contributed by atoms with Crippen molar-refractivity contribution in [1.82, 2.24) is 10.0 Å². The Labute approximate surface area is 170 Å². The maximum Gasteiger partial charge on any atom is 0.244 e. The molecule has 2 aromatic carbocycles. The third-order valence-corrected chi connectivity index (χ3v) is 5.47. The Hall–Kier alpha value is -3.04. The SMILES string of the molecule is CNS(=O)(=O)c1cccc(CNC(=O)/C=C/c2cc(OC)c(OC)c(OC)c2)c1. The normalized spacial score (nSPS) is 11.3. The number of benzene rings is 2. The van der Waals surface area contributed by atoms with Gasteiger partial charge in [0.25, 0.3) is 0 Å². The topological polar surface area (TPSA) is 103 Å². The first-order valence-electron chi connectivity index (χ1n) is 8.63. The third-order valence-electron chi connectivity index (χ3n) is 4.06. The maximum atomic E-state index is 12.1. The highest BCUT2D eigenvalue weighted by Gasteiger charge is 2.13. The summed E-state index contributed by atoms with van der Waals surface area (Å²) in [4.78, 5) is 12.3. The molecule has 0 aromatic heterocycles. The number of carbonyl (C=O) groups is 1. The zero-order valence-corrected chi connectivity index (χ0v) is 17.5. The van der Waals surface area contributed by atoms with Gasteiger partial charge >= 0.3 is 0 Å². The van der Waals surface area contributed by atoms with Gasteiger partial charge in [-0.15, -0.1) is 0 Å². The Morgan fingerprint density at radius 1 is 1.03 bits per heavy atom. The third kappa shape index (κ3) is 5.72. The van der Waals surface area contributed by atoms with E-state index in [0.717, 1.165) is 0 Å². The molecule has 0 saturated heterocycles. The van der Waals surface area contributed by atoms with Crippen LogP contribution < -0.4 is 24.2 Å². The Morgan fingerprint density at radius 2 is 1.69 bits per heavy atom. The van der Waals surface area contributed by atoms with Crippen molar-refractivity contribution in [3.63, 3.8) is 0 Å². The average Bonchev–Trinajstić information content (AvgIpc) is 2.75. The number of methoxy groups -OCH3 is 3. The van der Waals surface area contributed by atoms with E-state index < -0.39 is 10.0 Å². The summed E-state index contributed by atoms with van der Waals surface area (Å²) in [6.07, 6.45) is 2.98. The molecule has 9 heteroatoms. The van der Waals surface area contributed by atoms with Gasteiger partial charge in [-0.25, -0.2) is 13.1 Å². The van der Waals surface area contributed by atoms with E-state index in [9.17, 15) is 13.2 Å². The van der Waals surface area contributed by atoms with Crippen LogP contribution in [0, 0.1) is 0 Å². The fourth-order valence-corrected chi connectivity index (χ4v) is 3.36. The molecule has 2 N–H and O–H groups in total. The summed E-state index contributed by atoms with van der Waals surface area (Å²) in [6, 6.07) is 9.79. The molecule has 0 bridgehead atoms. The molecule has 0 spiro atoms. The average molecular weight is 420 g/mol. The van der Waals surface area contributed by atoms with Crippen molar-refractivity contribution < 1.29 is 27.4 Å². The van der Waals surface area contributed by atoms with Crippen molar-refractivity contribution >= 4 is 22.0 Å². The fourth-order valence-electron chi connectivity index (χ4n) is 2.56. The minimum atomic E-state index is -3.54. The van der Waals surface area contributed by atoms with Crippen molar-refractivity contribution in [1.29, 1.82) is 0 Å². The molecule has 0 fully saturated rings. The van der Waals surface area contributed by atoms with E-state index in [-0.39, 0.29) is 17.3 Å². The van der Waals surface area contributed by atoms with Crippen molar-refractivity contribution in [3.05, 3.63) is 53.6 Å². The lowest BCUT2D eigenvalue weighted by Crippen LogP contribution is -2.21. The number of amides is 1. The summed E-state index contributed by atoms with van der Waals surface area (Å²) in [5.74, 6) is 1.09. The number of hydrogen-bond acceptors (Lipinski definition) is 6. The number of sulfonamides is 1.